The van der Waals surface area contributed by atoms with Crippen LogP contribution in [0.3, 0.4) is 0 Å². The smallest absolute Gasteiger partial charge is 0.303 e. The summed E-state index contributed by atoms with van der Waals surface area (Å²) in [6.07, 6.45) is 0.160. The summed E-state index contributed by atoms with van der Waals surface area (Å²) in [4.78, 5) is 16.9. The van der Waals surface area contributed by atoms with Crippen LogP contribution in [0.2, 0.25) is 0 Å². The molecule has 0 saturated heterocycles. The van der Waals surface area contributed by atoms with Crippen molar-refractivity contribution in [1.82, 2.24) is 0 Å². The lowest BCUT2D eigenvalue weighted by molar-refractivity contribution is 0.0797. The third-order valence-electron chi connectivity index (χ3n) is 1.89. The average molecular weight is 198 g/mol. The number of hydrogen-bond acceptors (Lipinski definition) is 2. The molecule has 0 aliphatic heterocycles. The highest BCUT2D eigenvalue weighted by Crippen LogP contribution is 2.41. The third-order valence-corrected chi connectivity index (χ3v) is 2.46. The molecule has 0 radical (unpaired) electrons. The Hall–Kier alpha value is 0.0400. The molecular formula is C6H12FO4P. The molecule has 0 aromatic carbocycles. The van der Waals surface area contributed by atoms with E-state index in [2.05, 4.69) is 4.52 Å². The Labute approximate surface area is 70.0 Å². The molecule has 1 saturated carbocycles. The monoisotopic (exact) mass is 198 g/mol. The number of phosphoric acid groups is 1. The van der Waals surface area contributed by atoms with E-state index in [1.807, 2.05) is 0 Å². The predicted octanol–water partition coefficient (Wildman–Crippen LogP) is 1.38. The summed E-state index contributed by atoms with van der Waals surface area (Å²) in [5, 5.41) is 0. The number of phosphoric ester groups is 1. The summed E-state index contributed by atoms with van der Waals surface area (Å²) in [5.74, 6) is 0. The highest BCUT2D eigenvalue weighted by molar-refractivity contribution is 7.46. The first-order chi connectivity index (χ1) is 5.47. The number of alkyl halides is 1. The molecule has 1 fully saturated rings. The van der Waals surface area contributed by atoms with E-state index in [-0.39, 0.29) is 0 Å². The molecule has 0 heterocycles. The zero-order valence-corrected chi connectivity index (χ0v) is 7.41. The molecule has 6 heteroatoms. The van der Waals surface area contributed by atoms with Crippen LogP contribution in [-0.2, 0) is 9.09 Å². The molecule has 0 atom stereocenters. The Morgan fingerprint density at radius 3 is 2.17 bits per heavy atom. The zero-order valence-electron chi connectivity index (χ0n) is 6.52. The van der Waals surface area contributed by atoms with Gasteiger partial charge in [0.15, 0.2) is 0 Å². The molecule has 1 aliphatic carbocycles. The molecule has 4 nitrogen and oxygen atoms in total. The maximum absolute atomic E-state index is 12.5. The van der Waals surface area contributed by atoms with Crippen molar-refractivity contribution in [3.05, 3.63) is 0 Å². The molecule has 1 rings (SSSR count). The van der Waals surface area contributed by atoms with Gasteiger partial charge in [0.2, 0.25) is 0 Å². The van der Waals surface area contributed by atoms with Gasteiger partial charge >= 0.3 is 7.82 Å². The van der Waals surface area contributed by atoms with E-state index in [9.17, 15) is 8.96 Å². The van der Waals surface area contributed by atoms with E-state index in [4.69, 9.17) is 9.79 Å². The largest absolute Gasteiger partial charge is 0.469 e. The van der Waals surface area contributed by atoms with Gasteiger partial charge in [-0.15, -0.1) is 0 Å². The molecule has 0 unspecified atom stereocenters. The lowest BCUT2D eigenvalue weighted by Crippen LogP contribution is -2.21. The van der Waals surface area contributed by atoms with E-state index in [0.29, 0.717) is 25.7 Å². The second-order valence-corrected chi connectivity index (χ2v) is 4.16. The van der Waals surface area contributed by atoms with Gasteiger partial charge in [-0.1, -0.05) is 0 Å². The van der Waals surface area contributed by atoms with Gasteiger partial charge in [0.25, 0.3) is 0 Å². The standard InChI is InChI=1S/C6H12FO4P/c7-5-1-3-6(4-2-5)11-12(8,9)10/h5-6H,1-4H2,(H2,8,9,10). The zero-order chi connectivity index (χ0) is 9.19. The average Bonchev–Trinajstić information content (AvgIpc) is 1.91. The van der Waals surface area contributed by atoms with Crippen LogP contribution in [0, 0.1) is 0 Å². The molecule has 0 bridgehead atoms. The summed E-state index contributed by atoms with van der Waals surface area (Å²) in [5.41, 5.74) is 0. The first-order valence-corrected chi connectivity index (χ1v) is 5.38. The Bertz CT molecular complexity index is 184. The number of rotatable bonds is 2. The first-order valence-electron chi connectivity index (χ1n) is 3.85. The maximum atomic E-state index is 12.5. The molecule has 0 aromatic heterocycles. The van der Waals surface area contributed by atoms with Crippen LogP contribution in [0.15, 0.2) is 0 Å². The van der Waals surface area contributed by atoms with Crippen molar-refractivity contribution >= 4 is 7.82 Å². The van der Waals surface area contributed by atoms with Gasteiger partial charge in [-0.05, 0) is 25.7 Å². The van der Waals surface area contributed by atoms with Gasteiger partial charge in [0.1, 0.15) is 6.17 Å². The highest BCUT2D eigenvalue weighted by Gasteiger charge is 2.27. The summed E-state index contributed by atoms with van der Waals surface area (Å²) < 4.78 is 27.3. The molecular weight excluding hydrogens is 186 g/mol. The molecule has 12 heavy (non-hydrogen) atoms. The van der Waals surface area contributed by atoms with Crippen molar-refractivity contribution in [3.8, 4) is 0 Å². The fourth-order valence-corrected chi connectivity index (χ4v) is 1.92. The van der Waals surface area contributed by atoms with Crippen LogP contribution in [-0.4, -0.2) is 22.1 Å². The lowest BCUT2D eigenvalue weighted by Gasteiger charge is -2.24. The first kappa shape index (κ1) is 10.1. The van der Waals surface area contributed by atoms with Crippen molar-refractivity contribution in [2.75, 3.05) is 0 Å². The van der Waals surface area contributed by atoms with E-state index in [0.717, 1.165) is 0 Å². The minimum Gasteiger partial charge on any atom is -0.303 e. The Balaban J connectivity index is 2.31. The quantitative estimate of drug-likeness (QED) is 0.657. The van der Waals surface area contributed by atoms with E-state index in [1.54, 1.807) is 0 Å². The Morgan fingerprint density at radius 2 is 1.75 bits per heavy atom. The van der Waals surface area contributed by atoms with Crippen LogP contribution >= 0.6 is 7.82 Å². The summed E-state index contributed by atoms with van der Waals surface area (Å²) in [6, 6.07) is 0. The molecule has 1 aliphatic rings. The summed E-state index contributed by atoms with van der Waals surface area (Å²) >= 11 is 0. The van der Waals surface area contributed by atoms with Gasteiger partial charge < -0.3 is 9.79 Å². The molecule has 2 N–H and O–H groups in total. The van der Waals surface area contributed by atoms with Gasteiger partial charge in [-0.3, -0.25) is 4.52 Å². The second kappa shape index (κ2) is 3.83. The van der Waals surface area contributed by atoms with Crippen molar-refractivity contribution in [1.29, 1.82) is 0 Å². The van der Waals surface area contributed by atoms with E-state index in [1.165, 1.54) is 0 Å². The number of hydrogen-bond donors (Lipinski definition) is 2. The lowest BCUT2D eigenvalue weighted by atomic mass is 9.96. The van der Waals surface area contributed by atoms with E-state index < -0.39 is 20.1 Å². The van der Waals surface area contributed by atoms with Crippen LogP contribution in [0.4, 0.5) is 4.39 Å². The predicted molar refractivity (Wildman–Crippen MR) is 40.3 cm³/mol. The fourth-order valence-electron chi connectivity index (χ4n) is 1.32. The van der Waals surface area contributed by atoms with Gasteiger partial charge in [-0.2, -0.15) is 0 Å². The van der Waals surface area contributed by atoms with Crippen LogP contribution in [0.5, 0.6) is 0 Å². The third kappa shape index (κ3) is 3.63. The SMILES string of the molecule is O=P(O)(O)OC1CCC(F)CC1. The van der Waals surface area contributed by atoms with Gasteiger partial charge in [-0.25, -0.2) is 8.96 Å². The van der Waals surface area contributed by atoms with Gasteiger partial charge in [0, 0.05) is 0 Å². The molecule has 0 aromatic rings. The Kier molecular flexibility index (Phi) is 3.23. The maximum Gasteiger partial charge on any atom is 0.469 e. The molecule has 0 amide bonds. The van der Waals surface area contributed by atoms with Crippen molar-refractivity contribution in [2.45, 2.75) is 38.0 Å². The van der Waals surface area contributed by atoms with Gasteiger partial charge in [0.05, 0.1) is 6.10 Å². The van der Waals surface area contributed by atoms with Crippen LogP contribution in [0.25, 0.3) is 0 Å². The summed E-state index contributed by atoms with van der Waals surface area (Å²) in [7, 11) is -4.38. The fraction of sp³-hybridized carbons (Fsp3) is 1.00. The number of halogens is 1. The van der Waals surface area contributed by atoms with Crippen molar-refractivity contribution in [3.63, 3.8) is 0 Å². The normalized spacial score (nSPS) is 31.9. The second-order valence-electron chi connectivity index (χ2n) is 2.97. The van der Waals surface area contributed by atoms with Crippen molar-refractivity contribution in [2.24, 2.45) is 0 Å². The van der Waals surface area contributed by atoms with Crippen molar-refractivity contribution < 1.29 is 23.3 Å². The minimum atomic E-state index is -4.38. The Morgan fingerprint density at radius 1 is 1.25 bits per heavy atom. The minimum absolute atomic E-state index is 0.338. The van der Waals surface area contributed by atoms with Crippen LogP contribution in [0.1, 0.15) is 25.7 Å². The summed E-state index contributed by atoms with van der Waals surface area (Å²) in [6.45, 7) is 0. The topological polar surface area (TPSA) is 66.8 Å². The molecule has 72 valence electrons. The van der Waals surface area contributed by atoms with Crippen LogP contribution < -0.4 is 0 Å². The highest BCUT2D eigenvalue weighted by atomic mass is 31.2. The molecule has 0 spiro atoms. The van der Waals surface area contributed by atoms with E-state index >= 15 is 0 Å².